The first-order valence-corrected chi connectivity index (χ1v) is 12.4. The summed E-state index contributed by atoms with van der Waals surface area (Å²) in [6.45, 7) is 2.32. The molecule has 1 saturated heterocycles. The highest BCUT2D eigenvalue weighted by Gasteiger charge is 2.32. The van der Waals surface area contributed by atoms with E-state index in [1.54, 1.807) is 36.4 Å². The molecule has 0 unspecified atom stereocenters. The van der Waals surface area contributed by atoms with Gasteiger partial charge in [0.1, 0.15) is 5.82 Å². The lowest BCUT2D eigenvalue weighted by atomic mass is 10.0. The summed E-state index contributed by atoms with van der Waals surface area (Å²) in [4.78, 5) is 20.6. The van der Waals surface area contributed by atoms with E-state index in [0.717, 1.165) is 5.56 Å². The molecule has 4 heterocycles. The number of non-ortho nitro benzene ring substituents is 1. The van der Waals surface area contributed by atoms with Crippen LogP contribution in [0.2, 0.25) is 0 Å². The Bertz CT molecular complexity index is 1560. The molecule has 1 fully saturated rings. The summed E-state index contributed by atoms with van der Waals surface area (Å²) in [5.41, 5.74) is 1.33. The number of hydrogen-bond acceptors (Lipinski definition) is 9. The van der Waals surface area contributed by atoms with Gasteiger partial charge in [-0.15, -0.1) is 5.10 Å². The van der Waals surface area contributed by atoms with Crippen LogP contribution in [0, 0.1) is 15.9 Å². The predicted octanol–water partition coefficient (Wildman–Crippen LogP) is 4.72. The Balaban J connectivity index is 1.35. The largest absolute Gasteiger partial charge is 0.492 e. The van der Waals surface area contributed by atoms with Crippen molar-refractivity contribution in [3.05, 3.63) is 93.3 Å². The van der Waals surface area contributed by atoms with E-state index in [0.29, 0.717) is 53.3 Å². The molecule has 188 valence electrons. The van der Waals surface area contributed by atoms with Crippen molar-refractivity contribution >= 4 is 27.7 Å². The van der Waals surface area contributed by atoms with Crippen LogP contribution in [-0.2, 0) is 0 Å². The fraction of sp³-hybridized carbons (Fsp3) is 0.200. The monoisotopic (exact) mass is 520 g/mol. The Morgan fingerprint density at radius 3 is 2.46 bits per heavy atom. The van der Waals surface area contributed by atoms with E-state index in [9.17, 15) is 19.6 Å². The molecule has 0 bridgehead atoms. The molecular weight excluding hydrogens is 499 g/mol. The van der Waals surface area contributed by atoms with Gasteiger partial charge < -0.3 is 14.4 Å². The van der Waals surface area contributed by atoms with Crippen LogP contribution in [0.4, 0.5) is 15.8 Å². The van der Waals surface area contributed by atoms with E-state index in [1.807, 2.05) is 11.0 Å². The topological polar surface area (TPSA) is 113 Å². The van der Waals surface area contributed by atoms with Crippen molar-refractivity contribution in [3.8, 4) is 17.5 Å². The number of nitrogens with zero attached hydrogens (tertiary/aromatic N) is 6. The van der Waals surface area contributed by atoms with Gasteiger partial charge in [0.05, 0.1) is 27.8 Å². The first-order chi connectivity index (χ1) is 18.0. The maximum Gasteiger partial charge on any atom is 0.269 e. The number of aromatic hydroxyl groups is 1. The number of nitro groups is 1. The average Bonchev–Trinajstić information content (AvgIpc) is 3.64. The fourth-order valence-corrected chi connectivity index (χ4v) is 5.79. The van der Waals surface area contributed by atoms with Gasteiger partial charge in [0, 0.05) is 38.3 Å². The zero-order valence-corrected chi connectivity index (χ0v) is 20.2. The Labute approximate surface area is 214 Å². The minimum atomic E-state index is -0.442. The number of anilines is 1. The second kappa shape index (κ2) is 9.30. The summed E-state index contributed by atoms with van der Waals surface area (Å²) in [7, 11) is 0. The highest BCUT2D eigenvalue weighted by atomic mass is 32.1. The number of halogens is 1. The second-order valence-electron chi connectivity index (χ2n) is 8.62. The molecule has 0 amide bonds. The molecule has 0 radical (unpaired) electrons. The minimum Gasteiger partial charge on any atom is -0.492 e. The first-order valence-electron chi connectivity index (χ1n) is 11.6. The summed E-state index contributed by atoms with van der Waals surface area (Å²) in [5, 5.41) is 26.8. The van der Waals surface area contributed by atoms with E-state index >= 15 is 0 Å². The van der Waals surface area contributed by atoms with Gasteiger partial charge in [0.2, 0.25) is 16.7 Å². The number of furan rings is 1. The third kappa shape index (κ3) is 4.19. The van der Waals surface area contributed by atoms with E-state index in [4.69, 9.17) is 4.42 Å². The third-order valence-electron chi connectivity index (χ3n) is 6.48. The van der Waals surface area contributed by atoms with Crippen molar-refractivity contribution in [2.75, 3.05) is 31.1 Å². The minimum absolute atomic E-state index is 0.0122. The molecule has 0 saturated carbocycles. The van der Waals surface area contributed by atoms with Gasteiger partial charge in [0.15, 0.2) is 5.76 Å². The van der Waals surface area contributed by atoms with Gasteiger partial charge in [-0.3, -0.25) is 15.0 Å². The van der Waals surface area contributed by atoms with E-state index in [-0.39, 0.29) is 17.4 Å². The zero-order valence-electron chi connectivity index (χ0n) is 19.4. The third-order valence-corrected chi connectivity index (χ3v) is 7.55. The number of para-hydroxylation sites is 1. The summed E-state index contributed by atoms with van der Waals surface area (Å²) >= 11 is 1.30. The average molecular weight is 521 g/mol. The highest BCUT2D eigenvalue weighted by molar-refractivity contribution is 7.17. The maximum atomic E-state index is 14.4. The van der Waals surface area contributed by atoms with Gasteiger partial charge in [-0.25, -0.2) is 4.39 Å². The lowest BCUT2D eigenvalue weighted by molar-refractivity contribution is -0.384. The van der Waals surface area contributed by atoms with Gasteiger partial charge in [-0.05, 0) is 29.8 Å². The molecule has 5 aromatic rings. The van der Waals surface area contributed by atoms with Crippen LogP contribution in [0.5, 0.6) is 5.88 Å². The van der Waals surface area contributed by atoms with Crippen molar-refractivity contribution in [1.29, 1.82) is 0 Å². The van der Waals surface area contributed by atoms with Crippen LogP contribution >= 0.6 is 11.3 Å². The fourth-order valence-electron chi connectivity index (χ4n) is 4.67. The molecule has 12 heteroatoms. The SMILES string of the molecule is O=[N+]([O-])c1ccc([C@@H](c2sc3nc(-c4ccco4)nn3c2O)N2CCN(c3ccccc3F)CC2)cc1. The number of rotatable bonds is 6. The van der Waals surface area contributed by atoms with Crippen molar-refractivity contribution < 1.29 is 18.8 Å². The van der Waals surface area contributed by atoms with Crippen molar-refractivity contribution in [2.45, 2.75) is 6.04 Å². The van der Waals surface area contributed by atoms with Crippen LogP contribution < -0.4 is 4.90 Å². The second-order valence-corrected chi connectivity index (χ2v) is 9.63. The molecule has 2 aromatic carbocycles. The predicted molar refractivity (Wildman–Crippen MR) is 135 cm³/mol. The Hall–Kier alpha value is -4.29. The molecule has 1 aliphatic rings. The molecule has 1 N–H and O–H groups in total. The number of aromatic nitrogens is 3. The Morgan fingerprint density at radius 2 is 1.81 bits per heavy atom. The quantitative estimate of drug-likeness (QED) is 0.253. The number of thiazole rings is 1. The lowest BCUT2D eigenvalue weighted by Gasteiger charge is -2.40. The van der Waals surface area contributed by atoms with Crippen LogP contribution in [-0.4, -0.2) is 55.7 Å². The van der Waals surface area contributed by atoms with Crippen LogP contribution in [0.1, 0.15) is 16.5 Å². The molecule has 0 aliphatic carbocycles. The molecule has 3 aromatic heterocycles. The smallest absolute Gasteiger partial charge is 0.269 e. The maximum absolute atomic E-state index is 14.4. The van der Waals surface area contributed by atoms with Gasteiger partial charge >= 0.3 is 0 Å². The van der Waals surface area contributed by atoms with E-state index in [1.165, 1.54) is 40.3 Å². The number of benzene rings is 2. The van der Waals surface area contributed by atoms with E-state index < -0.39 is 11.0 Å². The first kappa shape index (κ1) is 23.1. The standard InChI is InChI=1S/C25H21FN6O4S/c26-18-4-1-2-5-19(18)29-11-13-30(14-12-29)21(16-7-9-17(10-8-16)32(34)35)22-24(33)31-25(37-22)27-23(28-31)20-6-3-15-36-20/h1-10,15,21,33H,11-14H2/t21-/m0/s1. The van der Waals surface area contributed by atoms with Crippen molar-refractivity contribution in [2.24, 2.45) is 0 Å². The Morgan fingerprint density at radius 1 is 1.05 bits per heavy atom. The molecular formula is C25H21FN6O4S. The molecule has 0 spiro atoms. The highest BCUT2D eigenvalue weighted by Crippen LogP contribution is 2.41. The molecule has 1 aliphatic heterocycles. The van der Waals surface area contributed by atoms with Crippen molar-refractivity contribution in [3.63, 3.8) is 0 Å². The number of hydrogen-bond donors (Lipinski definition) is 1. The van der Waals surface area contributed by atoms with Crippen LogP contribution in [0.15, 0.2) is 71.3 Å². The van der Waals surface area contributed by atoms with Crippen molar-refractivity contribution in [1.82, 2.24) is 19.5 Å². The van der Waals surface area contributed by atoms with Crippen LogP contribution in [0.3, 0.4) is 0 Å². The molecule has 1 atom stereocenters. The Kier molecular flexibility index (Phi) is 5.81. The summed E-state index contributed by atoms with van der Waals surface area (Å²) < 4.78 is 21.1. The van der Waals surface area contributed by atoms with Crippen LogP contribution in [0.25, 0.3) is 16.5 Å². The zero-order chi connectivity index (χ0) is 25.5. The van der Waals surface area contributed by atoms with Gasteiger partial charge in [0.25, 0.3) is 5.69 Å². The molecule has 6 rings (SSSR count). The molecule has 37 heavy (non-hydrogen) atoms. The summed E-state index contributed by atoms with van der Waals surface area (Å²) in [6, 6.07) is 16.1. The lowest BCUT2D eigenvalue weighted by Crippen LogP contribution is -2.48. The van der Waals surface area contributed by atoms with Gasteiger partial charge in [-0.1, -0.05) is 35.6 Å². The summed E-state index contributed by atoms with van der Waals surface area (Å²) in [5.74, 6) is 0.542. The summed E-state index contributed by atoms with van der Waals surface area (Å²) in [6.07, 6.45) is 1.53. The number of piperazine rings is 1. The number of fused-ring (bicyclic) bond motifs is 1. The van der Waals surface area contributed by atoms with Gasteiger partial charge in [-0.2, -0.15) is 9.50 Å². The molecule has 10 nitrogen and oxygen atoms in total. The van der Waals surface area contributed by atoms with E-state index in [2.05, 4.69) is 15.0 Å². The number of nitro benzene ring substituents is 1. The normalized spacial score (nSPS) is 15.3.